The third-order valence-electron chi connectivity index (χ3n) is 1.21. The van der Waals surface area contributed by atoms with Crippen LogP contribution in [0.3, 0.4) is 0 Å². The van der Waals surface area contributed by atoms with E-state index in [1.807, 2.05) is 0 Å². The molecule has 0 spiro atoms. The molecule has 0 aliphatic heterocycles. The molecule has 0 bridgehead atoms. The minimum absolute atomic E-state index is 0. The fraction of sp³-hybridized carbons (Fsp3) is 0.800. The van der Waals surface area contributed by atoms with Crippen LogP contribution in [-0.4, -0.2) is 67.0 Å². The molecule has 0 atom stereocenters. The number of carboxylic acid groups (broad SMARTS) is 2. The predicted molar refractivity (Wildman–Crippen MR) is 49.7 cm³/mol. The van der Waals surface area contributed by atoms with Gasteiger partial charge in [-0.1, -0.05) is 0 Å². The van der Waals surface area contributed by atoms with Gasteiger partial charge in [0.05, 0.1) is 21.6 Å². The summed E-state index contributed by atoms with van der Waals surface area (Å²) < 4.78 is 58.8. The summed E-state index contributed by atoms with van der Waals surface area (Å²) in [6, 6.07) is 0. The Morgan fingerprint density at radius 3 is 1.52 bits per heavy atom. The van der Waals surface area contributed by atoms with Crippen molar-refractivity contribution in [2.45, 2.75) is 0 Å². The molecule has 0 fully saturated rings. The van der Waals surface area contributed by atoms with E-state index in [1.165, 1.54) is 0 Å². The van der Waals surface area contributed by atoms with Crippen molar-refractivity contribution < 1.29 is 157 Å². The summed E-state index contributed by atoms with van der Waals surface area (Å²) in [5.41, 5.74) is 0. The first-order chi connectivity index (χ1) is 7.83. The van der Waals surface area contributed by atoms with E-state index in [9.17, 15) is 21.4 Å². The summed E-state index contributed by atoms with van der Waals surface area (Å²) in [5, 5.41) is 25.8. The van der Waals surface area contributed by atoms with Crippen LogP contribution >= 0.6 is 0 Å². The van der Waals surface area contributed by atoms with E-state index in [0.29, 0.717) is 5.06 Å². The number of hydroxylamine groups is 2. The minimum atomic E-state index is -4.44. The molecule has 0 amide bonds. The number of hydrogen-bond donors (Lipinski definition) is 2. The van der Waals surface area contributed by atoms with Crippen molar-refractivity contribution >= 4 is 26.4 Å². The van der Waals surface area contributed by atoms with Gasteiger partial charge >= 0.3 is 110 Å². The first kappa shape index (κ1) is 34.9. The number of rotatable bonds is 6. The van der Waals surface area contributed by atoms with Gasteiger partial charge < -0.3 is 24.8 Å². The quantitative estimate of drug-likeness (QED) is 0.247. The van der Waals surface area contributed by atoms with Crippen LogP contribution in [0, 0.1) is 0 Å². The van der Waals surface area contributed by atoms with E-state index in [4.69, 9.17) is 24.8 Å². The summed E-state index contributed by atoms with van der Waals surface area (Å²) in [6.07, 6.45) is -2.33. The fourth-order valence-corrected chi connectivity index (χ4v) is 1.43. The van der Waals surface area contributed by atoms with Crippen LogP contribution in [-0.2, 0) is 20.2 Å². The van der Waals surface area contributed by atoms with Crippen molar-refractivity contribution in [2.75, 3.05) is 24.6 Å². The third-order valence-corrected chi connectivity index (χ3v) is 2.59. The second kappa shape index (κ2) is 17.5. The molecule has 0 aliphatic carbocycles. The Bertz CT molecular complexity index is 414. The van der Waals surface area contributed by atoms with Crippen LogP contribution in [0.1, 0.15) is 0 Å². The maximum absolute atomic E-state index is 10.2. The van der Waals surface area contributed by atoms with E-state index < -0.39 is 51.0 Å². The molecule has 0 unspecified atom stereocenters. The second-order valence-electron chi connectivity index (χ2n) is 2.75. The van der Waals surface area contributed by atoms with Crippen LogP contribution in [0.5, 0.6) is 0 Å². The second-order valence-corrected chi connectivity index (χ2v) is 5.85. The molecule has 0 aromatic carbocycles. The molecular formula is C5H10KNNa2O10S2. The fourth-order valence-electron chi connectivity index (χ4n) is 0.550. The smallest absolute Gasteiger partial charge is 0.748 e. The van der Waals surface area contributed by atoms with Crippen molar-refractivity contribution in [3.63, 3.8) is 0 Å². The average molecular weight is 393 g/mol. The Morgan fingerprint density at radius 1 is 1.00 bits per heavy atom. The molecule has 0 saturated carbocycles. The normalized spacial score (nSPS) is 10.1. The molecule has 16 heteroatoms. The first-order valence-corrected chi connectivity index (χ1v) is 7.22. The first-order valence-electron chi connectivity index (χ1n) is 4.04. The molecule has 0 heterocycles. The molecule has 0 rings (SSSR count). The minimum Gasteiger partial charge on any atom is -0.748 e. The predicted octanol–water partition coefficient (Wildman–Crippen LogP) is -13.3. The topological polar surface area (TPSA) is 198 Å². The van der Waals surface area contributed by atoms with E-state index in [2.05, 4.69) is 0 Å². The largest absolute Gasteiger partial charge is 1.00 e. The van der Waals surface area contributed by atoms with Gasteiger partial charge in [0.15, 0.2) is 0 Å². The van der Waals surface area contributed by atoms with Gasteiger partial charge in [0.1, 0.15) is 0 Å². The molecule has 0 aromatic rings. The molecule has 0 saturated heterocycles. The molecule has 0 radical (unpaired) electrons. The van der Waals surface area contributed by atoms with Crippen LogP contribution in [0.4, 0.5) is 4.79 Å². The average Bonchev–Trinajstić information content (AvgIpc) is 2.08. The van der Waals surface area contributed by atoms with Gasteiger partial charge in [0.2, 0.25) is 0 Å². The summed E-state index contributed by atoms with van der Waals surface area (Å²) in [5.74, 6) is -1.56. The molecule has 2 N–H and O–H groups in total. The Balaban J connectivity index is -0.000000108. The van der Waals surface area contributed by atoms with E-state index in [0.717, 1.165) is 0 Å². The SMILES string of the molecule is O=C([O-])[O-].O=S(=O)([O-])CCN(O)CCS(=O)(=O)O.[K+].[Na+].[Na+]. The molecular weight excluding hydrogens is 383 g/mol. The van der Waals surface area contributed by atoms with Gasteiger partial charge in [-0.05, 0) is 6.16 Å². The van der Waals surface area contributed by atoms with Gasteiger partial charge in [-0.2, -0.15) is 13.5 Å². The van der Waals surface area contributed by atoms with Crippen molar-refractivity contribution in [1.29, 1.82) is 0 Å². The molecule has 11 nitrogen and oxygen atoms in total. The van der Waals surface area contributed by atoms with Gasteiger partial charge in [-0.25, -0.2) is 8.42 Å². The van der Waals surface area contributed by atoms with Crippen LogP contribution < -0.4 is 121 Å². The zero-order valence-electron chi connectivity index (χ0n) is 11.8. The Morgan fingerprint density at radius 2 is 1.29 bits per heavy atom. The Labute approximate surface area is 208 Å². The standard InChI is InChI=1S/C4H11NO7S2.CH2O3.K.2Na/c6-5(1-3-13(7,8)9)2-4-14(10,11)12;2-1(3)4;;;/h6H,1-4H2,(H,7,8,9)(H,10,11,12);(H2,2,3,4);;;/q;;3*+1/p-3. The maximum atomic E-state index is 10.2. The van der Waals surface area contributed by atoms with E-state index >= 15 is 0 Å². The molecule has 110 valence electrons. The number of carbonyl (C=O) groups is 1. The number of nitrogens with zero attached hydrogens (tertiary/aromatic N) is 1. The van der Waals surface area contributed by atoms with Gasteiger partial charge in [-0.15, -0.1) is 0 Å². The maximum Gasteiger partial charge on any atom is 1.00 e. The molecule has 0 aromatic heterocycles. The van der Waals surface area contributed by atoms with Crippen LogP contribution in [0.15, 0.2) is 0 Å². The summed E-state index contributed by atoms with van der Waals surface area (Å²) in [7, 11) is -8.64. The van der Waals surface area contributed by atoms with Crippen molar-refractivity contribution in [2.24, 2.45) is 0 Å². The van der Waals surface area contributed by atoms with Gasteiger partial charge in [0, 0.05) is 13.1 Å². The van der Waals surface area contributed by atoms with Gasteiger partial charge in [-0.3, -0.25) is 4.55 Å². The zero-order chi connectivity index (χ0) is 15.0. The van der Waals surface area contributed by atoms with E-state index in [1.54, 1.807) is 0 Å². The van der Waals surface area contributed by atoms with Crippen LogP contribution in [0.2, 0.25) is 0 Å². The number of hydrogen-bond acceptors (Lipinski definition) is 10. The molecule has 21 heavy (non-hydrogen) atoms. The summed E-state index contributed by atoms with van der Waals surface area (Å²) >= 11 is 0. The van der Waals surface area contributed by atoms with Crippen molar-refractivity contribution in [1.82, 2.24) is 5.06 Å². The number of carbonyl (C=O) groups excluding carboxylic acids is 1. The summed E-state index contributed by atoms with van der Waals surface area (Å²) in [4.78, 5) is 8.33. The third kappa shape index (κ3) is 45.0. The molecule has 0 aliphatic rings. The monoisotopic (exact) mass is 393 g/mol. The van der Waals surface area contributed by atoms with Crippen molar-refractivity contribution in [3.05, 3.63) is 0 Å². The van der Waals surface area contributed by atoms with Gasteiger partial charge in [0.25, 0.3) is 10.1 Å². The summed E-state index contributed by atoms with van der Waals surface area (Å²) in [6.45, 7) is -0.963. The van der Waals surface area contributed by atoms with Crippen molar-refractivity contribution in [3.8, 4) is 0 Å². The van der Waals surface area contributed by atoms with E-state index in [-0.39, 0.29) is 110 Å². The zero-order valence-corrected chi connectivity index (χ0v) is 20.5. The Kier molecular flexibility index (Phi) is 29.0. The Hall–Kier alpha value is 2.65. The van der Waals surface area contributed by atoms with Crippen LogP contribution in [0.25, 0.3) is 0 Å².